The van der Waals surface area contributed by atoms with E-state index in [9.17, 15) is 4.79 Å². The summed E-state index contributed by atoms with van der Waals surface area (Å²) in [7, 11) is 1.82. The van der Waals surface area contributed by atoms with E-state index in [1.54, 1.807) is 17.4 Å². The summed E-state index contributed by atoms with van der Waals surface area (Å²) in [6, 6.07) is 18.0. The van der Waals surface area contributed by atoms with E-state index in [-0.39, 0.29) is 18.1 Å². The van der Waals surface area contributed by atoms with E-state index in [0.29, 0.717) is 0 Å². The van der Waals surface area contributed by atoms with E-state index in [1.807, 2.05) is 86.3 Å². The summed E-state index contributed by atoms with van der Waals surface area (Å²) in [5, 5.41) is 3.07. The van der Waals surface area contributed by atoms with Gasteiger partial charge in [0.25, 0.3) is 0 Å². The Labute approximate surface area is 154 Å². The van der Waals surface area contributed by atoms with Crippen LogP contribution in [-0.4, -0.2) is 27.5 Å². The second kappa shape index (κ2) is 7.87. The highest BCUT2D eigenvalue weighted by Gasteiger charge is 2.19. The molecule has 1 heterocycles. The molecular formula is C21H24N4O. The topological polar surface area (TPSA) is 50.2 Å². The minimum atomic E-state index is -0.0902. The second-order valence-electron chi connectivity index (χ2n) is 6.43. The van der Waals surface area contributed by atoms with Gasteiger partial charge in [-0.1, -0.05) is 42.5 Å². The fraction of sp³-hybridized carbons (Fsp3) is 0.238. The van der Waals surface area contributed by atoms with Gasteiger partial charge in [0.15, 0.2) is 0 Å². The molecule has 0 unspecified atom stereocenters. The quantitative estimate of drug-likeness (QED) is 0.746. The van der Waals surface area contributed by atoms with Gasteiger partial charge in [0.2, 0.25) is 0 Å². The van der Waals surface area contributed by atoms with Crippen LogP contribution in [0, 0.1) is 0 Å². The molecule has 2 atom stereocenters. The van der Waals surface area contributed by atoms with Crippen molar-refractivity contribution in [3.05, 3.63) is 84.4 Å². The Kier molecular flexibility index (Phi) is 5.37. The molecule has 0 fully saturated rings. The number of imidazole rings is 1. The molecule has 0 aliphatic carbocycles. The van der Waals surface area contributed by atoms with Crippen molar-refractivity contribution in [2.75, 3.05) is 7.05 Å². The Bertz CT molecular complexity index is 828. The number of rotatable bonds is 5. The minimum Gasteiger partial charge on any atom is -0.331 e. The number of aromatic nitrogens is 2. The molecule has 134 valence electrons. The van der Waals surface area contributed by atoms with Gasteiger partial charge in [-0.15, -0.1) is 0 Å². The fourth-order valence-electron chi connectivity index (χ4n) is 2.85. The van der Waals surface area contributed by atoms with Crippen LogP contribution in [0.1, 0.15) is 37.1 Å². The van der Waals surface area contributed by atoms with Crippen molar-refractivity contribution >= 4 is 6.03 Å². The van der Waals surface area contributed by atoms with Gasteiger partial charge in [0.05, 0.1) is 18.4 Å². The monoisotopic (exact) mass is 348 g/mol. The number of benzene rings is 2. The van der Waals surface area contributed by atoms with E-state index in [2.05, 4.69) is 10.3 Å². The van der Waals surface area contributed by atoms with Crippen molar-refractivity contribution in [2.24, 2.45) is 0 Å². The summed E-state index contributed by atoms with van der Waals surface area (Å²) in [6.45, 7) is 4.02. The van der Waals surface area contributed by atoms with Gasteiger partial charge in [0, 0.05) is 25.1 Å². The minimum absolute atomic E-state index is 0.00650. The molecule has 0 saturated carbocycles. The van der Waals surface area contributed by atoms with Crippen molar-refractivity contribution in [1.29, 1.82) is 0 Å². The molecule has 0 bridgehead atoms. The predicted molar refractivity (Wildman–Crippen MR) is 103 cm³/mol. The largest absolute Gasteiger partial charge is 0.331 e. The average Bonchev–Trinajstić information content (AvgIpc) is 3.22. The van der Waals surface area contributed by atoms with Crippen molar-refractivity contribution in [1.82, 2.24) is 19.8 Å². The first-order valence-electron chi connectivity index (χ1n) is 8.73. The van der Waals surface area contributed by atoms with Gasteiger partial charge in [0.1, 0.15) is 0 Å². The number of nitrogens with one attached hydrogen (secondary N) is 1. The average molecular weight is 348 g/mol. The molecule has 2 aromatic carbocycles. The Balaban J connectivity index is 1.63. The molecule has 5 nitrogen and oxygen atoms in total. The summed E-state index contributed by atoms with van der Waals surface area (Å²) in [6.07, 6.45) is 5.42. The van der Waals surface area contributed by atoms with E-state index >= 15 is 0 Å². The van der Waals surface area contributed by atoms with E-state index in [1.165, 1.54) is 0 Å². The zero-order chi connectivity index (χ0) is 18.5. The lowest BCUT2D eigenvalue weighted by molar-refractivity contribution is 0.191. The van der Waals surface area contributed by atoms with Crippen molar-refractivity contribution < 1.29 is 4.79 Å². The number of nitrogens with zero attached hydrogens (tertiary/aromatic N) is 3. The molecule has 0 aliphatic rings. The van der Waals surface area contributed by atoms with Gasteiger partial charge in [-0.05, 0) is 37.1 Å². The summed E-state index contributed by atoms with van der Waals surface area (Å²) < 4.78 is 1.95. The van der Waals surface area contributed by atoms with Crippen molar-refractivity contribution in [2.45, 2.75) is 25.9 Å². The maximum Gasteiger partial charge on any atom is 0.318 e. The first-order chi connectivity index (χ1) is 12.6. The van der Waals surface area contributed by atoms with Crippen LogP contribution in [-0.2, 0) is 0 Å². The van der Waals surface area contributed by atoms with Crippen LogP contribution in [0.5, 0.6) is 0 Å². The molecule has 0 spiro atoms. The van der Waals surface area contributed by atoms with Crippen LogP contribution < -0.4 is 5.32 Å². The fourth-order valence-corrected chi connectivity index (χ4v) is 2.85. The first kappa shape index (κ1) is 17.7. The third-order valence-electron chi connectivity index (χ3n) is 4.72. The standard InChI is InChI=1S/C21H24N4O/c1-16(18-9-11-20(12-10-18)25-14-13-22-15-25)23-21(26)24(3)17(2)19-7-5-4-6-8-19/h4-17H,1-3H3,(H,23,26)/t16-,17-/m0/s1. The zero-order valence-corrected chi connectivity index (χ0v) is 15.3. The normalized spacial score (nSPS) is 13.0. The SMILES string of the molecule is C[C@H](NC(=O)N(C)[C@@H](C)c1ccccc1)c1ccc(-n2ccnc2)cc1. The number of carbonyl (C=O) groups is 1. The van der Waals surface area contributed by atoms with Gasteiger partial charge in [-0.25, -0.2) is 9.78 Å². The van der Waals surface area contributed by atoms with Gasteiger partial charge >= 0.3 is 6.03 Å². The lowest BCUT2D eigenvalue weighted by Crippen LogP contribution is -2.39. The van der Waals surface area contributed by atoms with Crippen molar-refractivity contribution in [3.63, 3.8) is 0 Å². The molecule has 3 rings (SSSR count). The van der Waals surface area contributed by atoms with Crippen LogP contribution in [0.25, 0.3) is 5.69 Å². The first-order valence-corrected chi connectivity index (χ1v) is 8.73. The van der Waals surface area contributed by atoms with Crippen LogP contribution in [0.15, 0.2) is 73.3 Å². The molecule has 1 aromatic heterocycles. The smallest absolute Gasteiger partial charge is 0.318 e. The number of amides is 2. The van der Waals surface area contributed by atoms with Crippen LogP contribution in [0.4, 0.5) is 4.79 Å². The molecule has 5 heteroatoms. The van der Waals surface area contributed by atoms with E-state index in [4.69, 9.17) is 0 Å². The highest BCUT2D eigenvalue weighted by Crippen LogP contribution is 2.20. The molecule has 1 N–H and O–H groups in total. The van der Waals surface area contributed by atoms with Gasteiger partial charge < -0.3 is 14.8 Å². The summed E-state index contributed by atoms with van der Waals surface area (Å²) in [4.78, 5) is 18.4. The van der Waals surface area contributed by atoms with Crippen LogP contribution in [0.2, 0.25) is 0 Å². The lowest BCUT2D eigenvalue weighted by Gasteiger charge is -2.27. The van der Waals surface area contributed by atoms with Crippen molar-refractivity contribution in [3.8, 4) is 5.69 Å². The van der Waals surface area contributed by atoms with E-state index < -0.39 is 0 Å². The zero-order valence-electron chi connectivity index (χ0n) is 15.3. The number of hydrogen-bond donors (Lipinski definition) is 1. The number of hydrogen-bond acceptors (Lipinski definition) is 2. The van der Waals surface area contributed by atoms with Crippen LogP contribution in [0.3, 0.4) is 0 Å². The van der Waals surface area contributed by atoms with Gasteiger partial charge in [-0.3, -0.25) is 0 Å². The van der Waals surface area contributed by atoms with Crippen LogP contribution >= 0.6 is 0 Å². The Morgan fingerprint density at radius 3 is 2.35 bits per heavy atom. The molecule has 0 aliphatic heterocycles. The molecule has 0 saturated heterocycles. The summed E-state index contributed by atoms with van der Waals surface area (Å²) in [5.74, 6) is 0. The highest BCUT2D eigenvalue weighted by molar-refractivity contribution is 5.75. The Morgan fingerprint density at radius 1 is 1.04 bits per heavy atom. The third-order valence-corrected chi connectivity index (χ3v) is 4.72. The molecular weight excluding hydrogens is 324 g/mol. The maximum absolute atomic E-state index is 12.6. The summed E-state index contributed by atoms with van der Waals surface area (Å²) in [5.41, 5.74) is 3.21. The summed E-state index contributed by atoms with van der Waals surface area (Å²) >= 11 is 0. The molecule has 3 aromatic rings. The molecule has 0 radical (unpaired) electrons. The second-order valence-corrected chi connectivity index (χ2v) is 6.43. The maximum atomic E-state index is 12.6. The molecule has 2 amide bonds. The lowest BCUT2D eigenvalue weighted by atomic mass is 10.1. The molecule has 26 heavy (non-hydrogen) atoms. The number of carbonyl (C=O) groups excluding carboxylic acids is 1. The highest BCUT2D eigenvalue weighted by atomic mass is 16.2. The Morgan fingerprint density at radius 2 is 1.73 bits per heavy atom. The Hall–Kier alpha value is -3.08. The predicted octanol–water partition coefficient (Wildman–Crippen LogP) is 4.34. The number of urea groups is 1. The third kappa shape index (κ3) is 3.94. The van der Waals surface area contributed by atoms with Gasteiger partial charge in [-0.2, -0.15) is 0 Å². The van der Waals surface area contributed by atoms with E-state index in [0.717, 1.165) is 16.8 Å².